The zero-order valence-electron chi connectivity index (χ0n) is 12.8. The van der Waals surface area contributed by atoms with Crippen LogP contribution < -0.4 is 5.32 Å². The molecule has 5 nitrogen and oxygen atoms in total. The van der Waals surface area contributed by atoms with E-state index >= 15 is 0 Å². The Kier molecular flexibility index (Phi) is 6.09. The first-order valence-electron chi connectivity index (χ1n) is 7.03. The van der Waals surface area contributed by atoms with Crippen molar-refractivity contribution in [1.82, 2.24) is 15.3 Å². The third-order valence-corrected chi connectivity index (χ3v) is 3.81. The van der Waals surface area contributed by atoms with Crippen molar-refractivity contribution in [3.8, 4) is 0 Å². The number of hydrogen-bond acceptors (Lipinski definition) is 5. The number of thioether (sulfide) groups is 1. The molecule has 2 aromatic rings. The van der Waals surface area contributed by atoms with Crippen molar-refractivity contribution in [2.45, 2.75) is 44.1 Å². The molecule has 0 aromatic carbocycles. The summed E-state index contributed by atoms with van der Waals surface area (Å²) in [7, 11) is 0. The van der Waals surface area contributed by atoms with Crippen LogP contribution in [0.1, 0.15) is 29.1 Å². The molecule has 1 N–H and O–H groups in total. The average Bonchev–Trinajstić information content (AvgIpc) is 2.96. The van der Waals surface area contributed by atoms with E-state index in [9.17, 15) is 13.6 Å². The van der Waals surface area contributed by atoms with E-state index in [4.69, 9.17) is 4.42 Å². The second kappa shape index (κ2) is 8.05. The van der Waals surface area contributed by atoms with Crippen molar-refractivity contribution in [3.05, 3.63) is 41.1 Å². The molecule has 0 bridgehead atoms. The molecule has 0 aliphatic heterocycles. The predicted molar refractivity (Wildman–Crippen MR) is 82.2 cm³/mol. The lowest BCUT2D eigenvalue weighted by molar-refractivity contribution is -0.121. The number of aryl methyl sites for hydroxylation is 2. The molecular formula is C15H17F2N3O2S. The monoisotopic (exact) mass is 341 g/mol. The molecule has 2 aromatic heterocycles. The minimum atomic E-state index is -2.55. The fourth-order valence-corrected chi connectivity index (χ4v) is 2.67. The molecule has 0 aliphatic rings. The Morgan fingerprint density at radius 1 is 1.35 bits per heavy atom. The summed E-state index contributed by atoms with van der Waals surface area (Å²) in [6.45, 7) is 3.81. The third-order valence-electron chi connectivity index (χ3n) is 3.24. The maximum Gasteiger partial charge on any atom is 0.291 e. The van der Waals surface area contributed by atoms with Gasteiger partial charge in [0.05, 0.1) is 12.8 Å². The molecule has 0 unspecified atom stereocenters. The number of alkyl halides is 2. The van der Waals surface area contributed by atoms with Gasteiger partial charge < -0.3 is 9.73 Å². The van der Waals surface area contributed by atoms with Crippen molar-refractivity contribution in [2.24, 2.45) is 0 Å². The summed E-state index contributed by atoms with van der Waals surface area (Å²) in [5.41, 5.74) is 2.07. The summed E-state index contributed by atoms with van der Waals surface area (Å²) in [6.07, 6.45) is 2.28. The first-order chi connectivity index (χ1) is 11.0. The number of carbonyl (C=O) groups is 1. The Balaban J connectivity index is 1.90. The highest BCUT2D eigenvalue weighted by molar-refractivity contribution is 7.99. The van der Waals surface area contributed by atoms with Crippen LogP contribution in [0.5, 0.6) is 0 Å². The number of nitrogens with zero attached hydrogens (tertiary/aromatic N) is 2. The van der Waals surface area contributed by atoms with Crippen LogP contribution in [0.2, 0.25) is 0 Å². The van der Waals surface area contributed by atoms with Gasteiger partial charge in [0.15, 0.2) is 5.16 Å². The lowest BCUT2D eigenvalue weighted by Crippen LogP contribution is -2.23. The summed E-state index contributed by atoms with van der Waals surface area (Å²) in [5, 5.41) is 2.81. The molecule has 23 heavy (non-hydrogen) atoms. The lowest BCUT2D eigenvalue weighted by atomic mass is 10.1. The minimum Gasteiger partial charge on any atom is -0.467 e. The molecule has 1 amide bonds. The standard InChI is InChI=1S/C15H17F2N3O2S/c1-9-12(10(2)20-15(19-9)23-14(16)17)5-6-13(21)18-8-11-4-3-7-22-11/h3-4,7,14H,5-6,8H2,1-2H3,(H,18,21). The van der Waals surface area contributed by atoms with Gasteiger partial charge in [0.1, 0.15) is 5.76 Å². The smallest absolute Gasteiger partial charge is 0.291 e. The molecule has 2 heterocycles. The first kappa shape index (κ1) is 17.4. The third kappa shape index (κ3) is 5.31. The van der Waals surface area contributed by atoms with Crippen molar-refractivity contribution in [2.75, 3.05) is 0 Å². The van der Waals surface area contributed by atoms with Gasteiger partial charge in [0, 0.05) is 17.8 Å². The van der Waals surface area contributed by atoms with Crippen molar-refractivity contribution in [3.63, 3.8) is 0 Å². The van der Waals surface area contributed by atoms with E-state index in [1.54, 1.807) is 32.2 Å². The van der Waals surface area contributed by atoms with E-state index in [0.717, 1.165) is 5.56 Å². The highest BCUT2D eigenvalue weighted by atomic mass is 32.2. The fourth-order valence-electron chi connectivity index (χ4n) is 2.13. The van der Waals surface area contributed by atoms with Gasteiger partial charge in [-0.15, -0.1) is 0 Å². The molecule has 0 saturated heterocycles. The Morgan fingerprint density at radius 3 is 2.61 bits per heavy atom. The number of aromatic nitrogens is 2. The second-order valence-corrected chi connectivity index (χ2v) is 5.85. The topological polar surface area (TPSA) is 68.0 Å². The summed E-state index contributed by atoms with van der Waals surface area (Å²) in [6, 6.07) is 3.53. The van der Waals surface area contributed by atoms with E-state index in [1.807, 2.05) is 0 Å². The van der Waals surface area contributed by atoms with Crippen molar-refractivity contribution >= 4 is 17.7 Å². The Morgan fingerprint density at radius 2 is 2.04 bits per heavy atom. The Hall–Kier alpha value is -1.96. The van der Waals surface area contributed by atoms with Gasteiger partial charge >= 0.3 is 0 Å². The second-order valence-electron chi connectivity index (χ2n) is 4.89. The minimum absolute atomic E-state index is 0.0565. The van der Waals surface area contributed by atoms with Crippen molar-refractivity contribution in [1.29, 1.82) is 0 Å². The number of halogens is 2. The molecule has 0 fully saturated rings. The SMILES string of the molecule is Cc1nc(SC(F)F)nc(C)c1CCC(=O)NCc1ccco1. The van der Waals surface area contributed by atoms with Crippen LogP contribution in [0, 0.1) is 13.8 Å². The average molecular weight is 341 g/mol. The summed E-state index contributed by atoms with van der Waals surface area (Å²) in [5.74, 6) is -1.99. The largest absolute Gasteiger partial charge is 0.467 e. The molecule has 0 saturated carbocycles. The predicted octanol–water partition coefficient (Wildman–Crippen LogP) is 3.25. The molecule has 2 rings (SSSR count). The van der Waals surface area contributed by atoms with E-state index in [0.29, 0.717) is 41.9 Å². The number of nitrogens with one attached hydrogen (secondary N) is 1. The van der Waals surface area contributed by atoms with Gasteiger partial charge in [-0.2, -0.15) is 8.78 Å². The lowest BCUT2D eigenvalue weighted by Gasteiger charge is -2.10. The van der Waals surface area contributed by atoms with E-state index in [-0.39, 0.29) is 17.5 Å². The molecule has 124 valence electrons. The Labute approximate surface area is 136 Å². The van der Waals surface area contributed by atoms with Crippen LogP contribution in [-0.4, -0.2) is 21.6 Å². The molecule has 8 heteroatoms. The number of furan rings is 1. The highest BCUT2D eigenvalue weighted by Crippen LogP contribution is 2.24. The van der Waals surface area contributed by atoms with Crippen molar-refractivity contribution < 1.29 is 18.0 Å². The Bertz CT molecular complexity index is 640. The normalized spacial score (nSPS) is 11.0. The van der Waals surface area contributed by atoms with Crippen LogP contribution in [0.4, 0.5) is 8.78 Å². The molecule has 0 atom stereocenters. The fraction of sp³-hybridized carbons (Fsp3) is 0.400. The van der Waals surface area contributed by atoms with Gasteiger partial charge in [-0.25, -0.2) is 9.97 Å². The van der Waals surface area contributed by atoms with Crippen LogP contribution in [-0.2, 0) is 17.8 Å². The zero-order valence-corrected chi connectivity index (χ0v) is 13.6. The molecule has 0 spiro atoms. The maximum atomic E-state index is 12.4. The van der Waals surface area contributed by atoms with Gasteiger partial charge in [-0.3, -0.25) is 4.79 Å². The van der Waals surface area contributed by atoms with E-state index in [2.05, 4.69) is 15.3 Å². The quantitative estimate of drug-likeness (QED) is 0.618. The molecule has 0 radical (unpaired) electrons. The first-order valence-corrected chi connectivity index (χ1v) is 7.91. The summed E-state index contributed by atoms with van der Waals surface area (Å²) in [4.78, 5) is 20.0. The van der Waals surface area contributed by atoms with E-state index < -0.39 is 5.76 Å². The summed E-state index contributed by atoms with van der Waals surface area (Å²) >= 11 is 0.321. The summed E-state index contributed by atoms with van der Waals surface area (Å²) < 4.78 is 29.9. The van der Waals surface area contributed by atoms with Gasteiger partial charge in [0.25, 0.3) is 5.76 Å². The molecule has 0 aliphatic carbocycles. The number of hydrogen-bond donors (Lipinski definition) is 1. The van der Waals surface area contributed by atoms with Crippen LogP contribution in [0.15, 0.2) is 28.0 Å². The van der Waals surface area contributed by atoms with Crippen LogP contribution in [0.25, 0.3) is 0 Å². The van der Waals surface area contributed by atoms with Gasteiger partial charge in [-0.05, 0) is 49.7 Å². The van der Waals surface area contributed by atoms with Gasteiger partial charge in [0.2, 0.25) is 5.91 Å². The van der Waals surface area contributed by atoms with Gasteiger partial charge in [-0.1, -0.05) is 0 Å². The zero-order chi connectivity index (χ0) is 16.8. The number of amides is 1. The molecular weight excluding hydrogens is 324 g/mol. The van der Waals surface area contributed by atoms with Crippen LogP contribution in [0.3, 0.4) is 0 Å². The number of rotatable bonds is 7. The maximum absolute atomic E-state index is 12.4. The van der Waals surface area contributed by atoms with E-state index in [1.165, 1.54) is 0 Å². The highest BCUT2D eigenvalue weighted by Gasteiger charge is 2.14. The van der Waals surface area contributed by atoms with Crippen LogP contribution >= 0.6 is 11.8 Å². The number of carbonyl (C=O) groups excluding carboxylic acids is 1.